The van der Waals surface area contributed by atoms with Gasteiger partial charge in [-0.05, 0) is 7.05 Å². The molecule has 0 aromatic carbocycles. The van der Waals surface area contributed by atoms with Crippen LogP contribution in [0, 0.1) is 0 Å². The topological polar surface area (TPSA) is 18.5 Å². The van der Waals surface area contributed by atoms with E-state index < -0.39 is 0 Å². The molecule has 0 saturated carbocycles. The largest absolute Gasteiger partial charge is 0.304 e. The van der Waals surface area contributed by atoms with Crippen molar-refractivity contribution in [3.63, 3.8) is 0 Å². The van der Waals surface area contributed by atoms with Gasteiger partial charge in [0, 0.05) is 26.2 Å². The summed E-state index contributed by atoms with van der Waals surface area (Å²) in [5.41, 5.74) is 3.00. The van der Waals surface area contributed by atoms with E-state index in [0.717, 1.165) is 26.2 Å². The van der Waals surface area contributed by atoms with Crippen LogP contribution in [0.4, 0.5) is 0 Å². The maximum Gasteiger partial charge on any atom is 0.145 e. The minimum absolute atomic E-state index is 0.551. The van der Waals surface area contributed by atoms with E-state index in [1.165, 1.54) is 0 Å². The summed E-state index contributed by atoms with van der Waals surface area (Å²) < 4.78 is 0.551. The highest BCUT2D eigenvalue weighted by atomic mass is 32.1. The Labute approximate surface area is 78.1 Å². The summed E-state index contributed by atoms with van der Waals surface area (Å²) in [6.07, 6.45) is 0. The molecule has 0 aliphatic carbocycles. The monoisotopic (exact) mass is 191 g/mol. The molecule has 0 aromatic heterocycles. The number of likely N-dealkylation sites (N-methyl/N-ethyl adjacent to an activating group) is 1. The maximum absolute atomic E-state index is 4.80. The predicted molar refractivity (Wildman–Crippen MR) is 53.8 cm³/mol. The number of nitrogens with zero attached hydrogens (tertiary/aromatic N) is 2. The molecular weight excluding hydrogens is 178 g/mol. The van der Waals surface area contributed by atoms with Crippen LogP contribution in [0.15, 0.2) is 0 Å². The maximum atomic E-state index is 4.80. The Kier molecular flexibility index (Phi) is 3.58. The second kappa shape index (κ2) is 4.25. The quantitative estimate of drug-likeness (QED) is 0.447. The van der Waals surface area contributed by atoms with Gasteiger partial charge >= 0.3 is 0 Å². The fourth-order valence-corrected chi connectivity index (χ4v) is 1.32. The molecule has 1 saturated heterocycles. The lowest BCUT2D eigenvalue weighted by Gasteiger charge is -2.32. The van der Waals surface area contributed by atoms with Crippen molar-refractivity contribution in [2.45, 2.75) is 0 Å². The summed E-state index contributed by atoms with van der Waals surface area (Å²) in [4.78, 5) is 2.29. The van der Waals surface area contributed by atoms with Gasteiger partial charge in [-0.25, -0.2) is 5.01 Å². The van der Waals surface area contributed by atoms with Crippen molar-refractivity contribution in [1.29, 1.82) is 0 Å². The second-order valence-corrected chi connectivity index (χ2v) is 3.87. The molecule has 1 aliphatic rings. The first-order valence-corrected chi connectivity index (χ1v) is 4.47. The van der Waals surface area contributed by atoms with Gasteiger partial charge in [0.15, 0.2) is 0 Å². The molecule has 0 atom stereocenters. The molecule has 5 heteroatoms. The summed E-state index contributed by atoms with van der Waals surface area (Å²) in [6.45, 7) is 4.20. The Morgan fingerprint density at radius 3 is 2.36 bits per heavy atom. The third-order valence-corrected chi connectivity index (χ3v) is 1.95. The molecule has 0 bridgehead atoms. The number of thiol groups is 1. The van der Waals surface area contributed by atoms with Crippen LogP contribution >= 0.6 is 24.8 Å². The number of nitrogens with one attached hydrogen (secondary N) is 1. The average Bonchev–Trinajstić information content (AvgIpc) is 1.93. The van der Waals surface area contributed by atoms with Crippen molar-refractivity contribution in [3.8, 4) is 0 Å². The van der Waals surface area contributed by atoms with Crippen molar-refractivity contribution in [2.24, 2.45) is 0 Å². The van der Waals surface area contributed by atoms with Gasteiger partial charge in [-0.15, -0.1) is 12.6 Å². The fraction of sp³-hybridized carbons (Fsp3) is 0.833. The molecule has 3 nitrogen and oxygen atoms in total. The van der Waals surface area contributed by atoms with E-state index in [9.17, 15) is 0 Å². The van der Waals surface area contributed by atoms with E-state index in [-0.39, 0.29) is 0 Å². The lowest BCUT2D eigenvalue weighted by atomic mass is 10.4. The number of rotatable bonds is 1. The summed E-state index contributed by atoms with van der Waals surface area (Å²) in [5, 5.41) is 2.09. The van der Waals surface area contributed by atoms with Gasteiger partial charge in [0.1, 0.15) is 4.32 Å². The van der Waals surface area contributed by atoms with Crippen LogP contribution in [-0.4, -0.2) is 47.5 Å². The highest BCUT2D eigenvalue weighted by Crippen LogP contribution is 1.95. The van der Waals surface area contributed by atoms with E-state index in [2.05, 4.69) is 35.0 Å². The Morgan fingerprint density at radius 1 is 1.36 bits per heavy atom. The van der Waals surface area contributed by atoms with Gasteiger partial charge in [0.05, 0.1) is 0 Å². The Bertz CT molecular complexity index is 143. The van der Waals surface area contributed by atoms with Crippen molar-refractivity contribution in [2.75, 3.05) is 33.2 Å². The van der Waals surface area contributed by atoms with Gasteiger partial charge in [0.25, 0.3) is 0 Å². The minimum Gasteiger partial charge on any atom is -0.304 e. The molecule has 0 amide bonds. The van der Waals surface area contributed by atoms with Gasteiger partial charge in [-0.3, -0.25) is 0 Å². The van der Waals surface area contributed by atoms with Crippen LogP contribution in [0.2, 0.25) is 0 Å². The molecule has 0 unspecified atom stereocenters. The van der Waals surface area contributed by atoms with Gasteiger partial charge in [-0.1, -0.05) is 12.2 Å². The normalized spacial score (nSPS) is 21.6. The molecule has 11 heavy (non-hydrogen) atoms. The number of thiocarbonyl (C=S) groups is 1. The van der Waals surface area contributed by atoms with Gasteiger partial charge in [-0.2, -0.15) is 0 Å². The summed E-state index contributed by atoms with van der Waals surface area (Å²) in [6, 6.07) is 0. The Hall–Kier alpha value is 0.160. The molecule has 1 heterocycles. The van der Waals surface area contributed by atoms with Crippen LogP contribution < -0.4 is 5.43 Å². The first-order valence-electron chi connectivity index (χ1n) is 3.61. The zero-order valence-electron chi connectivity index (χ0n) is 6.58. The molecular formula is C6H13N3S2. The summed E-state index contributed by atoms with van der Waals surface area (Å²) >= 11 is 8.80. The highest BCUT2D eigenvalue weighted by molar-refractivity contribution is 8.11. The molecule has 1 aliphatic heterocycles. The number of hydrogen-bond acceptors (Lipinski definition) is 3. The molecule has 64 valence electrons. The van der Waals surface area contributed by atoms with Crippen molar-refractivity contribution in [1.82, 2.24) is 15.3 Å². The zero-order valence-corrected chi connectivity index (χ0v) is 8.29. The highest BCUT2D eigenvalue weighted by Gasteiger charge is 2.12. The standard InChI is InChI=1S/C6H13N3S2/c1-8-2-4-9(5-3-8)7-6(10)11/h2-5H2,1H3,(H2,7,10,11). The lowest BCUT2D eigenvalue weighted by molar-refractivity contribution is 0.133. The second-order valence-electron chi connectivity index (χ2n) is 2.71. The Balaban J connectivity index is 2.22. The lowest BCUT2D eigenvalue weighted by Crippen LogP contribution is -2.51. The van der Waals surface area contributed by atoms with Crippen LogP contribution in [0.5, 0.6) is 0 Å². The summed E-state index contributed by atoms with van der Waals surface area (Å²) in [5.74, 6) is 0. The summed E-state index contributed by atoms with van der Waals surface area (Å²) in [7, 11) is 2.12. The van der Waals surface area contributed by atoms with Crippen molar-refractivity contribution < 1.29 is 0 Å². The molecule has 1 fully saturated rings. The van der Waals surface area contributed by atoms with Crippen LogP contribution in [0.3, 0.4) is 0 Å². The van der Waals surface area contributed by atoms with Crippen molar-refractivity contribution >= 4 is 29.2 Å². The number of hydrazine groups is 1. The van der Waals surface area contributed by atoms with Crippen molar-refractivity contribution in [3.05, 3.63) is 0 Å². The van der Waals surface area contributed by atoms with E-state index in [1.54, 1.807) is 0 Å². The number of piperazine rings is 1. The zero-order chi connectivity index (χ0) is 8.27. The van der Waals surface area contributed by atoms with Crippen LogP contribution in [-0.2, 0) is 0 Å². The third kappa shape index (κ3) is 3.37. The van der Waals surface area contributed by atoms with E-state index in [4.69, 9.17) is 12.2 Å². The molecule has 1 rings (SSSR count). The molecule has 1 N–H and O–H groups in total. The Morgan fingerprint density at radius 2 is 1.91 bits per heavy atom. The van der Waals surface area contributed by atoms with Crippen LogP contribution in [0.1, 0.15) is 0 Å². The first-order chi connectivity index (χ1) is 5.18. The SMILES string of the molecule is CN1CCN(NC(=S)S)CC1. The third-order valence-electron chi connectivity index (χ3n) is 1.76. The smallest absolute Gasteiger partial charge is 0.145 e. The molecule has 0 radical (unpaired) electrons. The molecule has 0 aromatic rings. The average molecular weight is 191 g/mol. The van der Waals surface area contributed by atoms with Gasteiger partial charge in [0.2, 0.25) is 0 Å². The first kappa shape index (κ1) is 9.25. The predicted octanol–water partition coefficient (Wildman–Crippen LogP) is -0.0469. The minimum atomic E-state index is 0.551. The molecule has 0 spiro atoms. The van der Waals surface area contributed by atoms with E-state index >= 15 is 0 Å². The van der Waals surface area contributed by atoms with E-state index in [0.29, 0.717) is 4.32 Å². The van der Waals surface area contributed by atoms with E-state index in [1.807, 2.05) is 0 Å². The fourth-order valence-electron chi connectivity index (χ4n) is 1.05. The van der Waals surface area contributed by atoms with Crippen LogP contribution in [0.25, 0.3) is 0 Å². The number of hydrogen-bond donors (Lipinski definition) is 2. The van der Waals surface area contributed by atoms with Gasteiger partial charge < -0.3 is 10.3 Å².